The largest absolute Gasteiger partial charge is 0.420 e. The lowest BCUT2D eigenvalue weighted by atomic mass is 10.3. The molecule has 136 valence electrons. The summed E-state index contributed by atoms with van der Waals surface area (Å²) in [6.07, 6.45) is 0. The van der Waals surface area contributed by atoms with Crippen molar-refractivity contribution in [3.05, 3.63) is 58.0 Å². The molecule has 7 nitrogen and oxygen atoms in total. The highest BCUT2D eigenvalue weighted by Crippen LogP contribution is 2.27. The number of anilines is 1. The molecular weight excluding hydrogens is 400 g/mol. The molecular formula is C16H13ClN2O5S2. The lowest BCUT2D eigenvalue weighted by Gasteiger charge is -2.06. The Labute approximate surface area is 157 Å². The van der Waals surface area contributed by atoms with Crippen molar-refractivity contribution in [3.8, 4) is 0 Å². The molecule has 1 aromatic heterocycles. The van der Waals surface area contributed by atoms with E-state index in [1.165, 1.54) is 41.8 Å². The third-order valence-corrected chi connectivity index (χ3v) is 7.01. The van der Waals surface area contributed by atoms with Gasteiger partial charge in [-0.25, -0.2) is 13.2 Å². The molecule has 10 heteroatoms. The molecule has 0 aliphatic carbocycles. The number of carbonyl (C=O) groups is 1. The van der Waals surface area contributed by atoms with E-state index in [0.29, 0.717) is 32.6 Å². The zero-order valence-corrected chi connectivity index (χ0v) is 15.8. The van der Waals surface area contributed by atoms with Gasteiger partial charge in [0.25, 0.3) is 0 Å². The van der Waals surface area contributed by atoms with E-state index in [4.69, 9.17) is 16.0 Å². The van der Waals surface area contributed by atoms with E-state index in [-0.39, 0.29) is 16.7 Å². The van der Waals surface area contributed by atoms with Crippen molar-refractivity contribution >= 4 is 54.0 Å². The van der Waals surface area contributed by atoms with E-state index in [2.05, 4.69) is 5.32 Å². The average molecular weight is 413 g/mol. The third kappa shape index (κ3) is 3.95. The summed E-state index contributed by atoms with van der Waals surface area (Å²) in [7, 11) is -3.10. The minimum absolute atomic E-state index is 0.0699. The predicted molar refractivity (Wildman–Crippen MR) is 101 cm³/mol. The van der Waals surface area contributed by atoms with Gasteiger partial charge in [0, 0.05) is 23.7 Å². The molecule has 0 aliphatic rings. The van der Waals surface area contributed by atoms with Crippen LogP contribution in [0.15, 0.2) is 56.6 Å². The molecule has 0 radical (unpaired) electrons. The Morgan fingerprint density at radius 2 is 1.92 bits per heavy atom. The normalized spacial score (nSPS) is 11.6. The van der Waals surface area contributed by atoms with Gasteiger partial charge < -0.3 is 9.73 Å². The van der Waals surface area contributed by atoms with Crippen LogP contribution >= 0.6 is 22.4 Å². The highest BCUT2D eigenvalue weighted by Gasteiger charge is 2.18. The Morgan fingerprint density at radius 3 is 2.58 bits per heavy atom. The van der Waals surface area contributed by atoms with Crippen molar-refractivity contribution in [2.24, 2.45) is 0 Å². The van der Waals surface area contributed by atoms with Crippen molar-refractivity contribution in [3.63, 3.8) is 0 Å². The van der Waals surface area contributed by atoms with Gasteiger partial charge in [0.15, 0.2) is 5.58 Å². The van der Waals surface area contributed by atoms with Gasteiger partial charge in [-0.05, 0) is 47.2 Å². The molecule has 0 aliphatic heterocycles. The summed E-state index contributed by atoms with van der Waals surface area (Å²) in [4.78, 5) is 23.0. The summed E-state index contributed by atoms with van der Waals surface area (Å²) in [6.45, 7) is 1.36. The van der Waals surface area contributed by atoms with Gasteiger partial charge in [0.1, 0.15) is 0 Å². The molecule has 2 aromatic carbocycles. The molecule has 0 saturated heterocycles. The molecule has 3 rings (SSSR count). The Balaban J connectivity index is 1.81. The van der Waals surface area contributed by atoms with Crippen molar-refractivity contribution in [1.29, 1.82) is 0 Å². The number of hydrogen-bond acceptors (Lipinski definition) is 6. The van der Waals surface area contributed by atoms with Crippen molar-refractivity contribution in [1.82, 2.24) is 4.57 Å². The van der Waals surface area contributed by atoms with Crippen LogP contribution in [0.4, 0.5) is 5.69 Å². The summed E-state index contributed by atoms with van der Waals surface area (Å²) >= 11 is 5.86. The van der Waals surface area contributed by atoms with Crippen molar-refractivity contribution < 1.29 is 17.6 Å². The van der Waals surface area contributed by atoms with E-state index >= 15 is 0 Å². The Kier molecular flexibility index (Phi) is 5.12. The van der Waals surface area contributed by atoms with Gasteiger partial charge >= 0.3 is 5.76 Å². The number of nitrogens with zero attached hydrogens (tertiary/aromatic N) is 1. The first-order chi connectivity index (χ1) is 12.3. The standard InChI is InChI=1S/C16H13ClN2O5S2/c1-10(20)18-12-3-5-13(6-4-12)26(22,23)25-9-19-14-7-2-11(17)8-15(14)24-16(19)21/h2-8H,9H2,1H3,(H,18,20). The van der Waals surface area contributed by atoms with E-state index < -0.39 is 14.6 Å². The van der Waals surface area contributed by atoms with Crippen LogP contribution in [0.25, 0.3) is 11.1 Å². The number of benzene rings is 2. The molecule has 0 spiro atoms. The maximum Gasteiger partial charge on any atom is 0.420 e. The second kappa shape index (κ2) is 7.18. The van der Waals surface area contributed by atoms with Crippen LogP contribution in [0, 0.1) is 0 Å². The minimum Gasteiger partial charge on any atom is -0.408 e. The van der Waals surface area contributed by atoms with Crippen molar-refractivity contribution in [2.45, 2.75) is 17.7 Å². The Hall–Kier alpha value is -2.23. The molecule has 1 heterocycles. The highest BCUT2D eigenvalue weighted by molar-refractivity contribution is 8.71. The van der Waals surface area contributed by atoms with Crippen LogP contribution in [0.5, 0.6) is 0 Å². The summed E-state index contributed by atoms with van der Waals surface area (Å²) in [5, 5.41) is 2.98. The maximum absolute atomic E-state index is 12.5. The number of oxazole rings is 1. The van der Waals surface area contributed by atoms with Crippen LogP contribution in [0.3, 0.4) is 0 Å². The number of aromatic nitrogens is 1. The summed E-state index contributed by atoms with van der Waals surface area (Å²) in [5.41, 5.74) is 1.25. The number of rotatable bonds is 5. The van der Waals surface area contributed by atoms with Crippen LogP contribution in [-0.4, -0.2) is 18.9 Å². The molecule has 0 fully saturated rings. The number of fused-ring (bicyclic) bond motifs is 1. The van der Waals surface area contributed by atoms with Gasteiger partial charge in [-0.2, -0.15) is 0 Å². The van der Waals surface area contributed by atoms with Gasteiger partial charge in [-0.1, -0.05) is 11.6 Å². The van der Waals surface area contributed by atoms with E-state index in [1.54, 1.807) is 12.1 Å². The second-order valence-corrected chi connectivity index (χ2v) is 9.65. The van der Waals surface area contributed by atoms with Gasteiger partial charge in [-0.15, -0.1) is 0 Å². The van der Waals surface area contributed by atoms with E-state index in [1.807, 2.05) is 0 Å². The number of nitrogens with one attached hydrogen (secondary N) is 1. The molecule has 1 N–H and O–H groups in total. The van der Waals surface area contributed by atoms with Gasteiger partial charge in [0.2, 0.25) is 14.8 Å². The Bertz CT molecular complexity index is 1130. The maximum atomic E-state index is 12.5. The lowest BCUT2D eigenvalue weighted by Crippen LogP contribution is -2.13. The third-order valence-electron chi connectivity index (χ3n) is 3.43. The first-order valence-corrected chi connectivity index (χ1v) is 10.7. The van der Waals surface area contributed by atoms with E-state index in [9.17, 15) is 18.0 Å². The van der Waals surface area contributed by atoms with Gasteiger partial charge in [-0.3, -0.25) is 9.36 Å². The van der Waals surface area contributed by atoms with Gasteiger partial charge in [0.05, 0.1) is 16.3 Å². The zero-order valence-electron chi connectivity index (χ0n) is 13.4. The summed E-state index contributed by atoms with van der Waals surface area (Å²) in [5.74, 6) is -1.05. The smallest absolute Gasteiger partial charge is 0.408 e. The highest BCUT2D eigenvalue weighted by atomic mass is 35.5. The summed E-state index contributed by atoms with van der Waals surface area (Å²) in [6, 6.07) is 10.5. The van der Waals surface area contributed by atoms with E-state index in [0.717, 1.165) is 0 Å². The fraction of sp³-hybridized carbons (Fsp3) is 0.125. The Morgan fingerprint density at radius 1 is 1.23 bits per heavy atom. The average Bonchev–Trinajstić information content (AvgIpc) is 2.87. The molecule has 0 unspecified atom stereocenters. The first-order valence-electron chi connectivity index (χ1n) is 7.32. The molecule has 26 heavy (non-hydrogen) atoms. The molecule has 1 amide bonds. The van der Waals surface area contributed by atoms with Crippen LogP contribution < -0.4 is 11.1 Å². The first kappa shape index (κ1) is 18.6. The second-order valence-electron chi connectivity index (χ2n) is 5.31. The van der Waals surface area contributed by atoms with Crippen LogP contribution in [0.2, 0.25) is 5.02 Å². The number of halogens is 1. The quantitative estimate of drug-likeness (QED) is 0.645. The number of amides is 1. The number of hydrogen-bond donors (Lipinski definition) is 1. The fourth-order valence-electron chi connectivity index (χ4n) is 2.26. The molecule has 0 atom stereocenters. The van der Waals surface area contributed by atoms with Crippen LogP contribution in [0.1, 0.15) is 6.92 Å². The predicted octanol–water partition coefficient (Wildman–Crippen LogP) is 3.29. The number of carbonyl (C=O) groups excluding carboxylic acids is 1. The summed E-state index contributed by atoms with van der Waals surface area (Å²) < 4.78 is 31.2. The molecule has 0 saturated carbocycles. The van der Waals surface area contributed by atoms with Crippen molar-refractivity contribution in [2.75, 3.05) is 5.32 Å². The monoisotopic (exact) mass is 412 g/mol. The lowest BCUT2D eigenvalue weighted by molar-refractivity contribution is -0.114. The zero-order chi connectivity index (χ0) is 18.9. The molecule has 3 aromatic rings. The minimum atomic E-state index is -3.70. The fourth-order valence-corrected chi connectivity index (χ4v) is 4.99. The topological polar surface area (TPSA) is 98.4 Å². The molecule has 0 bridgehead atoms. The SMILES string of the molecule is CC(=O)Nc1ccc(S(=O)(=O)SCn2c(=O)oc3cc(Cl)ccc32)cc1. The van der Waals surface area contributed by atoms with Crippen LogP contribution in [-0.2, 0) is 19.5 Å².